The summed E-state index contributed by atoms with van der Waals surface area (Å²) in [5.41, 5.74) is 3.46. The first-order valence-electron chi connectivity index (χ1n) is 9.24. The average Bonchev–Trinajstić information content (AvgIpc) is 3.07. The van der Waals surface area contributed by atoms with Gasteiger partial charge >= 0.3 is 0 Å². The Hall–Kier alpha value is -2.85. The molecule has 0 aliphatic heterocycles. The zero-order valence-electron chi connectivity index (χ0n) is 15.5. The van der Waals surface area contributed by atoms with Crippen molar-refractivity contribution in [3.8, 4) is 5.75 Å². The van der Waals surface area contributed by atoms with Gasteiger partial charge in [-0.05, 0) is 48.4 Å². The molecule has 0 aliphatic rings. The van der Waals surface area contributed by atoms with Gasteiger partial charge in [0.1, 0.15) is 24.0 Å². The van der Waals surface area contributed by atoms with Crippen molar-refractivity contribution < 1.29 is 9.13 Å². The molecule has 0 bridgehead atoms. The Kier molecular flexibility index (Phi) is 5.31. The smallest absolute Gasteiger partial charge is 0.148 e. The zero-order valence-corrected chi connectivity index (χ0v) is 16.3. The molecule has 1 heterocycles. The van der Waals surface area contributed by atoms with E-state index in [-0.39, 0.29) is 12.4 Å². The van der Waals surface area contributed by atoms with Gasteiger partial charge < -0.3 is 9.30 Å². The van der Waals surface area contributed by atoms with Gasteiger partial charge in [0.2, 0.25) is 0 Å². The van der Waals surface area contributed by atoms with Crippen molar-refractivity contribution in [2.75, 3.05) is 0 Å². The number of para-hydroxylation sites is 2. The van der Waals surface area contributed by atoms with Gasteiger partial charge in [-0.15, -0.1) is 0 Å². The number of aryl methyl sites for hydroxylation is 1. The van der Waals surface area contributed by atoms with Crippen molar-refractivity contribution >= 4 is 22.6 Å². The summed E-state index contributed by atoms with van der Waals surface area (Å²) in [5.74, 6) is 1.17. The second kappa shape index (κ2) is 8.03. The van der Waals surface area contributed by atoms with E-state index in [4.69, 9.17) is 16.3 Å². The summed E-state index contributed by atoms with van der Waals surface area (Å²) in [4.78, 5) is 4.69. The fourth-order valence-electron chi connectivity index (χ4n) is 3.22. The SMILES string of the molecule is CCc1ccc(OCc2nc3ccccc3n2Cc2c(F)cccc2Cl)cc1. The average molecular weight is 395 g/mol. The Morgan fingerprint density at radius 3 is 2.54 bits per heavy atom. The van der Waals surface area contributed by atoms with Crippen LogP contribution in [0.5, 0.6) is 5.75 Å². The molecule has 0 atom stereocenters. The van der Waals surface area contributed by atoms with Gasteiger partial charge in [-0.2, -0.15) is 0 Å². The standard InChI is InChI=1S/C23H20ClFN2O/c1-2-16-10-12-17(13-11-16)28-15-23-26-21-8-3-4-9-22(21)27(23)14-18-19(24)6-5-7-20(18)25/h3-13H,2,14-15H2,1H3. The molecule has 0 saturated carbocycles. The maximum absolute atomic E-state index is 14.3. The Balaban J connectivity index is 1.66. The first kappa shape index (κ1) is 18.5. The van der Waals surface area contributed by atoms with Crippen LogP contribution in [-0.2, 0) is 19.6 Å². The fourth-order valence-corrected chi connectivity index (χ4v) is 3.45. The van der Waals surface area contributed by atoms with E-state index in [1.807, 2.05) is 41.0 Å². The molecule has 0 unspecified atom stereocenters. The number of aromatic nitrogens is 2. The molecule has 4 aromatic rings. The van der Waals surface area contributed by atoms with Crippen LogP contribution in [0, 0.1) is 5.82 Å². The molecule has 0 aliphatic carbocycles. The first-order valence-corrected chi connectivity index (χ1v) is 9.62. The highest BCUT2D eigenvalue weighted by molar-refractivity contribution is 6.31. The third-order valence-electron chi connectivity index (χ3n) is 4.81. The summed E-state index contributed by atoms with van der Waals surface area (Å²) in [5, 5.41) is 0.403. The van der Waals surface area contributed by atoms with Crippen molar-refractivity contribution in [2.24, 2.45) is 0 Å². The third-order valence-corrected chi connectivity index (χ3v) is 5.17. The lowest BCUT2D eigenvalue weighted by molar-refractivity contribution is 0.291. The van der Waals surface area contributed by atoms with Crippen LogP contribution in [0.3, 0.4) is 0 Å². The summed E-state index contributed by atoms with van der Waals surface area (Å²) in [6.07, 6.45) is 0.986. The fraction of sp³-hybridized carbons (Fsp3) is 0.174. The monoisotopic (exact) mass is 394 g/mol. The predicted octanol–water partition coefficient (Wildman–Crippen LogP) is 6.02. The van der Waals surface area contributed by atoms with Crippen molar-refractivity contribution in [1.29, 1.82) is 0 Å². The minimum Gasteiger partial charge on any atom is -0.486 e. The molecule has 3 nitrogen and oxygen atoms in total. The number of benzene rings is 3. The summed E-state index contributed by atoms with van der Waals surface area (Å²) >= 11 is 6.25. The van der Waals surface area contributed by atoms with E-state index in [9.17, 15) is 4.39 Å². The number of halogens is 2. The molecule has 0 N–H and O–H groups in total. The predicted molar refractivity (Wildman–Crippen MR) is 110 cm³/mol. The number of nitrogens with zero attached hydrogens (tertiary/aromatic N) is 2. The van der Waals surface area contributed by atoms with Crippen LogP contribution in [0.2, 0.25) is 5.02 Å². The molecular weight excluding hydrogens is 375 g/mol. The van der Waals surface area contributed by atoms with Crippen LogP contribution >= 0.6 is 11.6 Å². The van der Waals surface area contributed by atoms with E-state index in [0.29, 0.717) is 17.1 Å². The van der Waals surface area contributed by atoms with Gasteiger partial charge in [0, 0.05) is 10.6 Å². The molecule has 28 heavy (non-hydrogen) atoms. The summed E-state index contributed by atoms with van der Waals surface area (Å²) in [7, 11) is 0. The lowest BCUT2D eigenvalue weighted by Crippen LogP contribution is -2.10. The highest BCUT2D eigenvalue weighted by Gasteiger charge is 2.15. The topological polar surface area (TPSA) is 27.1 Å². The molecule has 0 amide bonds. The van der Waals surface area contributed by atoms with Gasteiger partial charge in [-0.3, -0.25) is 0 Å². The highest BCUT2D eigenvalue weighted by Crippen LogP contribution is 2.25. The van der Waals surface area contributed by atoms with E-state index < -0.39 is 0 Å². The van der Waals surface area contributed by atoms with Crippen LogP contribution in [-0.4, -0.2) is 9.55 Å². The minimum atomic E-state index is -0.327. The quantitative estimate of drug-likeness (QED) is 0.400. The second-order valence-electron chi connectivity index (χ2n) is 6.59. The minimum absolute atomic E-state index is 0.284. The second-order valence-corrected chi connectivity index (χ2v) is 7.00. The van der Waals surface area contributed by atoms with E-state index in [1.54, 1.807) is 12.1 Å². The number of fused-ring (bicyclic) bond motifs is 1. The van der Waals surface area contributed by atoms with E-state index >= 15 is 0 Å². The third kappa shape index (κ3) is 3.73. The Labute approximate surface area is 168 Å². The first-order chi connectivity index (χ1) is 13.7. The van der Waals surface area contributed by atoms with Crippen LogP contribution < -0.4 is 4.74 Å². The van der Waals surface area contributed by atoms with Crippen molar-refractivity contribution in [2.45, 2.75) is 26.5 Å². The van der Waals surface area contributed by atoms with Gasteiger partial charge in [-0.1, -0.05) is 48.9 Å². The largest absolute Gasteiger partial charge is 0.486 e. The molecule has 3 aromatic carbocycles. The number of ether oxygens (including phenoxy) is 1. The maximum atomic E-state index is 14.3. The van der Waals surface area contributed by atoms with Gasteiger partial charge in [0.25, 0.3) is 0 Å². The van der Waals surface area contributed by atoms with Crippen LogP contribution in [0.4, 0.5) is 4.39 Å². The number of rotatable bonds is 6. The van der Waals surface area contributed by atoms with Crippen molar-refractivity contribution in [1.82, 2.24) is 9.55 Å². The van der Waals surface area contributed by atoms with Gasteiger partial charge in [-0.25, -0.2) is 9.37 Å². The Morgan fingerprint density at radius 2 is 1.79 bits per heavy atom. The normalized spacial score (nSPS) is 11.1. The number of hydrogen-bond donors (Lipinski definition) is 0. The summed E-state index contributed by atoms with van der Waals surface area (Å²) in [6, 6.07) is 20.5. The van der Waals surface area contributed by atoms with Gasteiger partial charge in [0.05, 0.1) is 17.6 Å². The van der Waals surface area contributed by atoms with E-state index in [2.05, 4.69) is 24.0 Å². The molecule has 1 aromatic heterocycles. The maximum Gasteiger partial charge on any atom is 0.148 e. The van der Waals surface area contributed by atoms with Crippen LogP contribution in [0.15, 0.2) is 66.7 Å². The lowest BCUT2D eigenvalue weighted by Gasteiger charge is -2.12. The molecule has 0 radical (unpaired) electrons. The highest BCUT2D eigenvalue weighted by atomic mass is 35.5. The molecule has 5 heteroatoms. The van der Waals surface area contributed by atoms with Crippen LogP contribution in [0.1, 0.15) is 23.9 Å². The Bertz CT molecular complexity index is 1090. The van der Waals surface area contributed by atoms with Crippen LogP contribution in [0.25, 0.3) is 11.0 Å². The zero-order chi connectivity index (χ0) is 19.5. The van der Waals surface area contributed by atoms with Crippen molar-refractivity contribution in [3.63, 3.8) is 0 Å². The van der Waals surface area contributed by atoms with E-state index in [1.165, 1.54) is 11.6 Å². The summed E-state index contributed by atoms with van der Waals surface area (Å²) < 4.78 is 22.3. The number of hydrogen-bond acceptors (Lipinski definition) is 2. The molecule has 0 fully saturated rings. The van der Waals surface area contributed by atoms with E-state index in [0.717, 1.165) is 29.0 Å². The molecule has 142 valence electrons. The molecule has 4 rings (SSSR count). The van der Waals surface area contributed by atoms with Gasteiger partial charge in [0.15, 0.2) is 0 Å². The number of imidazole rings is 1. The summed E-state index contributed by atoms with van der Waals surface area (Å²) in [6.45, 7) is 2.69. The molecular formula is C23H20ClFN2O. The van der Waals surface area contributed by atoms with Crippen molar-refractivity contribution in [3.05, 3.63) is 94.5 Å². The molecule has 0 saturated heterocycles. The Morgan fingerprint density at radius 1 is 1.00 bits per heavy atom. The lowest BCUT2D eigenvalue weighted by atomic mass is 10.2. The molecule has 0 spiro atoms.